The van der Waals surface area contributed by atoms with E-state index in [2.05, 4.69) is 29.7 Å². The first-order chi connectivity index (χ1) is 15.5. The van der Waals surface area contributed by atoms with Crippen LogP contribution in [-0.2, 0) is 4.79 Å². The fraction of sp³-hybridized carbons (Fsp3) is 0.692. The number of amides is 1. The van der Waals surface area contributed by atoms with E-state index < -0.39 is 0 Å². The molecule has 5 nitrogen and oxygen atoms in total. The first-order valence-corrected chi connectivity index (χ1v) is 13.4. The third kappa shape index (κ3) is 4.63. The number of halogens is 1. The van der Waals surface area contributed by atoms with Gasteiger partial charge in [-0.3, -0.25) is 9.69 Å². The highest BCUT2D eigenvalue weighted by atomic mass is 35.5. The van der Waals surface area contributed by atoms with Gasteiger partial charge in [0.05, 0.1) is 16.7 Å². The third-order valence-corrected chi connectivity index (χ3v) is 9.22. The van der Waals surface area contributed by atoms with Crippen LogP contribution in [0.25, 0.3) is 10.2 Å². The number of para-hydroxylation sites is 1. The average Bonchev–Trinajstić information content (AvgIpc) is 3.21. The van der Waals surface area contributed by atoms with E-state index in [0.29, 0.717) is 19.1 Å². The molecule has 4 aliphatic rings. The van der Waals surface area contributed by atoms with Crippen molar-refractivity contribution in [2.24, 2.45) is 23.2 Å². The van der Waals surface area contributed by atoms with Gasteiger partial charge in [-0.05, 0) is 88.4 Å². The molecule has 0 saturated heterocycles. The summed E-state index contributed by atoms with van der Waals surface area (Å²) in [6, 6.07) is 6.10. The molecule has 4 aliphatic carbocycles. The largest absolute Gasteiger partial charge is 0.492 e. The summed E-state index contributed by atoms with van der Waals surface area (Å²) in [6.45, 7) is 10.6. The maximum absolute atomic E-state index is 14.3. The Balaban J connectivity index is 0.00000259. The molecule has 4 bridgehead atoms. The van der Waals surface area contributed by atoms with E-state index in [1.165, 1.54) is 19.3 Å². The van der Waals surface area contributed by atoms with Gasteiger partial charge in [-0.25, -0.2) is 4.98 Å². The number of hydrogen-bond donors (Lipinski definition) is 0. The first-order valence-electron chi connectivity index (χ1n) is 12.6. The van der Waals surface area contributed by atoms with E-state index in [1.54, 1.807) is 11.3 Å². The van der Waals surface area contributed by atoms with E-state index in [0.717, 1.165) is 77.7 Å². The van der Waals surface area contributed by atoms with Gasteiger partial charge in [-0.15, -0.1) is 12.4 Å². The van der Waals surface area contributed by atoms with Crippen LogP contribution < -0.4 is 9.64 Å². The van der Waals surface area contributed by atoms with E-state index in [9.17, 15) is 4.79 Å². The smallest absolute Gasteiger partial charge is 0.235 e. The summed E-state index contributed by atoms with van der Waals surface area (Å²) in [5, 5.41) is 0.847. The van der Waals surface area contributed by atoms with Crippen molar-refractivity contribution in [3.05, 3.63) is 18.2 Å². The zero-order valence-electron chi connectivity index (χ0n) is 20.2. The van der Waals surface area contributed by atoms with E-state index in [1.807, 2.05) is 19.1 Å². The second-order valence-electron chi connectivity index (χ2n) is 10.2. The highest BCUT2D eigenvalue weighted by Crippen LogP contribution is 2.60. The Bertz CT molecular complexity index is 938. The van der Waals surface area contributed by atoms with Crippen LogP contribution in [0.2, 0.25) is 0 Å². The third-order valence-electron chi connectivity index (χ3n) is 8.17. The van der Waals surface area contributed by atoms with Crippen molar-refractivity contribution < 1.29 is 9.53 Å². The molecule has 0 N–H and O–H groups in total. The number of thiazole rings is 1. The number of ether oxygens (including phenoxy) is 1. The number of carbonyl (C=O) groups excluding carboxylic acids is 1. The van der Waals surface area contributed by atoms with Crippen LogP contribution in [0, 0.1) is 23.2 Å². The number of fused-ring (bicyclic) bond motifs is 1. The lowest BCUT2D eigenvalue weighted by atomic mass is 9.49. The number of aromatic nitrogens is 1. The number of benzene rings is 1. The molecule has 0 aliphatic heterocycles. The van der Waals surface area contributed by atoms with Crippen molar-refractivity contribution in [3.8, 4) is 5.75 Å². The Labute approximate surface area is 208 Å². The summed E-state index contributed by atoms with van der Waals surface area (Å²) in [6.07, 6.45) is 7.33. The van der Waals surface area contributed by atoms with Gasteiger partial charge < -0.3 is 9.64 Å². The molecule has 1 aromatic carbocycles. The van der Waals surface area contributed by atoms with Gasteiger partial charge >= 0.3 is 0 Å². The zero-order valence-corrected chi connectivity index (χ0v) is 21.8. The predicted molar refractivity (Wildman–Crippen MR) is 139 cm³/mol. The Kier molecular flexibility index (Phi) is 7.56. The van der Waals surface area contributed by atoms with Crippen LogP contribution in [0.3, 0.4) is 0 Å². The Hall–Kier alpha value is -1.37. The van der Waals surface area contributed by atoms with Gasteiger partial charge in [0.2, 0.25) is 5.91 Å². The topological polar surface area (TPSA) is 45.7 Å². The molecule has 33 heavy (non-hydrogen) atoms. The number of nitrogens with zero attached hydrogens (tertiary/aromatic N) is 3. The minimum absolute atomic E-state index is 0. The van der Waals surface area contributed by atoms with Gasteiger partial charge in [0.15, 0.2) is 5.13 Å². The number of likely N-dealkylation sites (N-methyl/N-ethyl adjacent to an activating group) is 1. The summed E-state index contributed by atoms with van der Waals surface area (Å²) < 4.78 is 6.93. The molecule has 1 aromatic heterocycles. The van der Waals surface area contributed by atoms with Gasteiger partial charge in [0, 0.05) is 13.1 Å². The lowest BCUT2D eigenvalue weighted by molar-refractivity contribution is -0.143. The van der Waals surface area contributed by atoms with Crippen LogP contribution in [0.1, 0.15) is 59.3 Å². The van der Waals surface area contributed by atoms with Crippen LogP contribution in [-0.4, -0.2) is 48.6 Å². The minimum Gasteiger partial charge on any atom is -0.492 e. The molecule has 1 amide bonds. The normalized spacial score (nSPS) is 27.7. The molecule has 4 fully saturated rings. The minimum atomic E-state index is -0.154. The molecule has 1 heterocycles. The van der Waals surface area contributed by atoms with Crippen molar-refractivity contribution in [1.82, 2.24) is 9.88 Å². The number of anilines is 1. The number of rotatable bonds is 9. The van der Waals surface area contributed by atoms with Crippen molar-refractivity contribution in [2.75, 3.05) is 37.7 Å². The van der Waals surface area contributed by atoms with Gasteiger partial charge in [0.1, 0.15) is 11.3 Å². The maximum atomic E-state index is 14.3. The molecule has 0 unspecified atom stereocenters. The van der Waals surface area contributed by atoms with Gasteiger partial charge in [-0.2, -0.15) is 0 Å². The molecule has 7 heteroatoms. The summed E-state index contributed by atoms with van der Waals surface area (Å²) in [7, 11) is 0. The number of carbonyl (C=O) groups is 1. The highest BCUT2D eigenvalue weighted by molar-refractivity contribution is 7.22. The summed E-state index contributed by atoms with van der Waals surface area (Å²) in [4.78, 5) is 23.8. The van der Waals surface area contributed by atoms with E-state index in [-0.39, 0.29) is 17.8 Å². The summed E-state index contributed by atoms with van der Waals surface area (Å²) in [5.41, 5.74) is 0.735. The zero-order chi connectivity index (χ0) is 22.3. The highest BCUT2D eigenvalue weighted by Gasteiger charge is 2.56. The Morgan fingerprint density at radius 1 is 1.06 bits per heavy atom. The van der Waals surface area contributed by atoms with Crippen LogP contribution in [0.4, 0.5) is 5.13 Å². The van der Waals surface area contributed by atoms with Crippen molar-refractivity contribution >= 4 is 45.0 Å². The van der Waals surface area contributed by atoms with Crippen LogP contribution in [0.15, 0.2) is 18.2 Å². The average molecular weight is 492 g/mol. The van der Waals surface area contributed by atoms with Crippen molar-refractivity contribution in [2.45, 2.75) is 59.3 Å². The molecule has 0 radical (unpaired) electrons. The number of hydrogen-bond acceptors (Lipinski definition) is 5. The molecule has 0 atom stereocenters. The molecule has 2 aromatic rings. The fourth-order valence-corrected chi connectivity index (χ4v) is 8.03. The summed E-state index contributed by atoms with van der Waals surface area (Å²) >= 11 is 1.64. The second-order valence-corrected chi connectivity index (χ2v) is 11.2. The molecule has 0 spiro atoms. The Morgan fingerprint density at radius 2 is 1.70 bits per heavy atom. The predicted octanol–water partition coefficient (Wildman–Crippen LogP) is 6.01. The van der Waals surface area contributed by atoms with Gasteiger partial charge in [-0.1, -0.05) is 31.3 Å². The molecule has 6 rings (SSSR count). The molecular formula is C26H38ClN3O2S. The first kappa shape index (κ1) is 24.7. The quantitative estimate of drug-likeness (QED) is 0.431. The molecular weight excluding hydrogens is 454 g/mol. The molecule has 4 saturated carbocycles. The SMILES string of the molecule is CCOc1cccc2sc(N(CCN(CC)CC)C(=O)C34CC5CC(CC(C5)C3)C4)nc12.Cl. The van der Waals surface area contributed by atoms with Crippen molar-refractivity contribution in [1.29, 1.82) is 0 Å². The van der Waals surface area contributed by atoms with Crippen LogP contribution >= 0.6 is 23.7 Å². The fourth-order valence-electron chi connectivity index (χ4n) is 7.02. The van der Waals surface area contributed by atoms with Crippen LogP contribution in [0.5, 0.6) is 5.75 Å². The standard InChI is InChI=1S/C26H37N3O2S.ClH/c1-4-28(5-2)10-11-29(25-27-23-21(31-6-3)8-7-9-22(23)32-25)24(30)26-15-18-12-19(16-26)14-20(13-18)17-26;/h7-9,18-20H,4-6,10-17H2,1-3H3;1H. The lowest BCUT2D eigenvalue weighted by Gasteiger charge is -2.56. The monoisotopic (exact) mass is 491 g/mol. The second kappa shape index (κ2) is 10.1. The summed E-state index contributed by atoms with van der Waals surface area (Å²) in [5.74, 6) is 3.44. The lowest BCUT2D eigenvalue weighted by Crippen LogP contribution is -2.55. The maximum Gasteiger partial charge on any atom is 0.235 e. The Morgan fingerprint density at radius 3 is 2.27 bits per heavy atom. The van der Waals surface area contributed by atoms with Crippen molar-refractivity contribution in [3.63, 3.8) is 0 Å². The van der Waals surface area contributed by atoms with E-state index in [4.69, 9.17) is 9.72 Å². The van der Waals surface area contributed by atoms with E-state index >= 15 is 0 Å². The van der Waals surface area contributed by atoms with Gasteiger partial charge in [0.25, 0.3) is 0 Å². The molecule has 182 valence electrons.